The van der Waals surface area contributed by atoms with Gasteiger partial charge in [-0.1, -0.05) is 12.1 Å². The Morgan fingerprint density at radius 2 is 2.00 bits per heavy atom. The average Bonchev–Trinajstić information content (AvgIpc) is 2.33. The van der Waals surface area contributed by atoms with Crippen molar-refractivity contribution in [2.45, 2.75) is 0 Å². The van der Waals surface area contributed by atoms with Crippen molar-refractivity contribution < 1.29 is 17.1 Å². The molecule has 0 fully saturated rings. The van der Waals surface area contributed by atoms with Crippen molar-refractivity contribution in [2.75, 3.05) is 0 Å². The molecule has 2 aromatic rings. The maximum atomic E-state index is 3.08. The summed E-state index contributed by atoms with van der Waals surface area (Å²) in [6, 6.07) is 10.3. The van der Waals surface area contributed by atoms with Crippen molar-refractivity contribution >= 4 is 21.4 Å². The predicted octanol–water partition coefficient (Wildman–Crippen LogP) is 2.70. The van der Waals surface area contributed by atoms with E-state index in [4.69, 9.17) is 0 Å². The van der Waals surface area contributed by atoms with Gasteiger partial charge in [-0.2, -0.15) is 11.5 Å². The molecule has 1 heterocycles. The monoisotopic (exact) mass is 188 g/mol. The maximum absolute atomic E-state index is 3.08. The number of hydrogen-bond donors (Lipinski definition) is 0. The summed E-state index contributed by atoms with van der Waals surface area (Å²) in [7, 11) is 0. The first-order chi connectivity index (χ1) is 4.47. The number of benzene rings is 1. The molecule has 0 aliphatic heterocycles. The van der Waals surface area contributed by atoms with Crippen LogP contribution in [0.5, 0.6) is 0 Å². The first kappa shape index (κ1) is 7.80. The number of hydrogen-bond acceptors (Lipinski definition) is 1. The summed E-state index contributed by atoms with van der Waals surface area (Å²) in [4.78, 5) is 0. The summed E-state index contributed by atoms with van der Waals surface area (Å²) in [6.07, 6.45) is 0. The average molecular weight is 188 g/mol. The van der Waals surface area contributed by atoms with Gasteiger partial charge in [0.05, 0.1) is 0 Å². The molecule has 0 nitrogen and oxygen atoms in total. The smallest absolute Gasteiger partial charge is 0 e. The first-order valence-corrected chi connectivity index (χ1v) is 3.63. The minimum atomic E-state index is 0. The van der Waals surface area contributed by atoms with Crippen molar-refractivity contribution in [1.82, 2.24) is 0 Å². The van der Waals surface area contributed by atoms with Crippen LogP contribution in [0.15, 0.2) is 30.3 Å². The standard InChI is InChI=1S/C8H5S.Mn/c1-2-4-8-7(3-1)5-6-9-8;/h1-5H;/q-1;. The molecule has 2 heteroatoms. The molecule has 0 aliphatic carbocycles. The fraction of sp³-hybridized carbons (Fsp3) is 0. The third-order valence-electron chi connectivity index (χ3n) is 1.30. The van der Waals surface area contributed by atoms with Gasteiger partial charge in [0, 0.05) is 17.1 Å². The van der Waals surface area contributed by atoms with Crippen LogP contribution in [0.4, 0.5) is 0 Å². The van der Waals surface area contributed by atoms with Gasteiger partial charge in [0.1, 0.15) is 0 Å². The predicted molar refractivity (Wildman–Crippen MR) is 40.7 cm³/mol. The third-order valence-corrected chi connectivity index (χ3v) is 2.13. The van der Waals surface area contributed by atoms with Gasteiger partial charge in [-0.3, -0.25) is 11.3 Å². The van der Waals surface area contributed by atoms with Gasteiger partial charge in [-0.25, -0.2) is 0 Å². The van der Waals surface area contributed by atoms with Crippen molar-refractivity contribution in [2.24, 2.45) is 0 Å². The first-order valence-electron chi connectivity index (χ1n) is 2.81. The van der Waals surface area contributed by atoms with E-state index >= 15 is 0 Å². The van der Waals surface area contributed by atoms with E-state index in [9.17, 15) is 0 Å². The third kappa shape index (κ3) is 1.24. The van der Waals surface area contributed by atoms with Crippen molar-refractivity contribution in [1.29, 1.82) is 0 Å². The minimum Gasteiger partial charge on any atom is -0.296 e. The van der Waals surface area contributed by atoms with Crippen LogP contribution in [0.2, 0.25) is 0 Å². The van der Waals surface area contributed by atoms with E-state index in [1.807, 2.05) is 18.2 Å². The van der Waals surface area contributed by atoms with E-state index in [1.54, 1.807) is 11.3 Å². The van der Waals surface area contributed by atoms with Crippen LogP contribution in [-0.2, 0) is 17.1 Å². The summed E-state index contributed by atoms with van der Waals surface area (Å²) in [5.41, 5.74) is 0. The summed E-state index contributed by atoms with van der Waals surface area (Å²) >= 11 is 1.66. The van der Waals surface area contributed by atoms with Gasteiger partial charge in [0.15, 0.2) is 0 Å². The van der Waals surface area contributed by atoms with Crippen LogP contribution >= 0.6 is 11.3 Å². The summed E-state index contributed by atoms with van der Waals surface area (Å²) < 4.78 is 1.32. The molecule has 1 aromatic carbocycles. The fourth-order valence-corrected chi connectivity index (χ4v) is 1.55. The zero-order chi connectivity index (χ0) is 6.10. The Morgan fingerprint density at radius 1 is 1.20 bits per heavy atom. The van der Waals surface area contributed by atoms with E-state index in [-0.39, 0.29) is 17.1 Å². The Kier molecular flexibility index (Phi) is 2.50. The second-order valence-corrected chi connectivity index (χ2v) is 2.78. The maximum Gasteiger partial charge on any atom is 0 e. The molecule has 0 atom stereocenters. The molecule has 2 rings (SSSR count). The fourth-order valence-electron chi connectivity index (χ4n) is 0.849. The van der Waals surface area contributed by atoms with E-state index in [0.29, 0.717) is 0 Å². The molecule has 0 spiro atoms. The molecule has 0 saturated carbocycles. The molecule has 0 N–H and O–H groups in total. The molecule has 1 aromatic heterocycles. The second kappa shape index (κ2) is 3.20. The van der Waals surface area contributed by atoms with Crippen LogP contribution < -0.4 is 0 Å². The van der Waals surface area contributed by atoms with Gasteiger partial charge in [-0.15, -0.1) is 22.2 Å². The Hall–Kier alpha value is -0.301. The summed E-state index contributed by atoms with van der Waals surface area (Å²) in [5.74, 6) is 0. The molecule has 10 heavy (non-hydrogen) atoms. The van der Waals surface area contributed by atoms with Crippen LogP contribution in [0.1, 0.15) is 0 Å². The molecule has 51 valence electrons. The molecule has 1 radical (unpaired) electrons. The molecular formula is C8H5MnS-. The Labute approximate surface area is 74.3 Å². The minimum absolute atomic E-state index is 0. The number of fused-ring (bicyclic) bond motifs is 1. The largest absolute Gasteiger partial charge is 0.296 e. The second-order valence-electron chi connectivity index (χ2n) is 1.90. The quantitative estimate of drug-likeness (QED) is 0.440. The van der Waals surface area contributed by atoms with Gasteiger partial charge >= 0.3 is 0 Å². The molecule has 0 saturated heterocycles. The Balaban J connectivity index is 0.000000500. The van der Waals surface area contributed by atoms with Gasteiger partial charge in [-0.05, 0) is 0 Å². The van der Waals surface area contributed by atoms with E-state index < -0.39 is 0 Å². The van der Waals surface area contributed by atoms with Crippen LogP contribution in [0, 0.1) is 5.38 Å². The van der Waals surface area contributed by atoms with Crippen molar-refractivity contribution in [3.05, 3.63) is 35.7 Å². The molecular weight excluding hydrogens is 183 g/mol. The van der Waals surface area contributed by atoms with Crippen LogP contribution in [0.25, 0.3) is 10.1 Å². The molecule has 0 bridgehead atoms. The van der Waals surface area contributed by atoms with E-state index in [2.05, 4.69) is 17.5 Å². The normalized spacial score (nSPS) is 9.20. The van der Waals surface area contributed by atoms with Crippen molar-refractivity contribution in [3.63, 3.8) is 0 Å². The zero-order valence-electron chi connectivity index (χ0n) is 5.17. The van der Waals surface area contributed by atoms with Crippen molar-refractivity contribution in [3.8, 4) is 0 Å². The van der Waals surface area contributed by atoms with Crippen LogP contribution in [-0.4, -0.2) is 0 Å². The van der Waals surface area contributed by atoms with Gasteiger partial charge < -0.3 is 0 Å². The van der Waals surface area contributed by atoms with E-state index in [0.717, 1.165) is 0 Å². The van der Waals surface area contributed by atoms with Crippen LogP contribution in [0.3, 0.4) is 0 Å². The SMILES string of the molecule is [Mn].[c-]1cc2ccccc2s1. The number of thiophene rings is 1. The topological polar surface area (TPSA) is 0 Å². The van der Waals surface area contributed by atoms with E-state index in [1.165, 1.54) is 10.1 Å². The Bertz CT molecular complexity index is 283. The van der Waals surface area contributed by atoms with Gasteiger partial charge in [0.25, 0.3) is 0 Å². The summed E-state index contributed by atoms with van der Waals surface area (Å²) in [5, 5.41) is 4.37. The number of rotatable bonds is 0. The Morgan fingerprint density at radius 3 is 2.80 bits per heavy atom. The summed E-state index contributed by atoms with van der Waals surface area (Å²) in [6.45, 7) is 0. The zero-order valence-corrected chi connectivity index (χ0v) is 7.17. The molecule has 0 unspecified atom stereocenters. The van der Waals surface area contributed by atoms with Gasteiger partial charge in [0.2, 0.25) is 0 Å². The molecule has 0 aliphatic rings. The molecule has 0 amide bonds.